The van der Waals surface area contributed by atoms with Crippen molar-refractivity contribution in [2.75, 3.05) is 27.3 Å². The third kappa shape index (κ3) is 3.32. The molecule has 5 rings (SSSR count). The molecule has 0 aliphatic carbocycles. The molecule has 0 bridgehead atoms. The maximum absolute atomic E-state index is 13.3. The highest BCUT2D eigenvalue weighted by Gasteiger charge is 2.44. The molecule has 1 amide bonds. The minimum absolute atomic E-state index is 0.0569. The Morgan fingerprint density at radius 3 is 2.66 bits per heavy atom. The van der Waals surface area contributed by atoms with E-state index in [4.69, 9.17) is 14.2 Å². The average Bonchev–Trinajstić information content (AvgIpc) is 2.83. The van der Waals surface area contributed by atoms with Gasteiger partial charge < -0.3 is 19.1 Å². The number of hydrogen-bond donors (Lipinski definition) is 0. The van der Waals surface area contributed by atoms with Gasteiger partial charge in [-0.1, -0.05) is 6.07 Å². The van der Waals surface area contributed by atoms with Gasteiger partial charge in [0.15, 0.2) is 5.78 Å². The number of ether oxygens (including phenoxy) is 3. The van der Waals surface area contributed by atoms with Crippen LogP contribution >= 0.6 is 0 Å². The Morgan fingerprint density at radius 1 is 1.12 bits per heavy atom. The lowest BCUT2D eigenvalue weighted by Crippen LogP contribution is -2.52. The van der Waals surface area contributed by atoms with Crippen LogP contribution in [0, 0.1) is 0 Å². The molecule has 32 heavy (non-hydrogen) atoms. The fourth-order valence-electron chi connectivity index (χ4n) is 4.54. The highest BCUT2D eigenvalue weighted by molar-refractivity contribution is 6.00. The first-order valence-electron chi connectivity index (χ1n) is 10.5. The molecule has 1 aromatic carbocycles. The normalized spacial score (nSPS) is 17.1. The van der Waals surface area contributed by atoms with E-state index in [9.17, 15) is 9.59 Å². The SMILES string of the molecule is COc1cc(C(=O)N2CCC3(CC2)CC(=O)c2ccncc2O3)nc2c(OC)cccc12. The zero-order valence-electron chi connectivity index (χ0n) is 18.0. The number of amides is 1. The lowest BCUT2D eigenvalue weighted by atomic mass is 9.82. The van der Waals surface area contributed by atoms with Crippen molar-refractivity contribution in [2.45, 2.75) is 24.9 Å². The van der Waals surface area contributed by atoms with Gasteiger partial charge in [0.1, 0.15) is 34.1 Å². The van der Waals surface area contributed by atoms with Crippen LogP contribution in [0.2, 0.25) is 0 Å². The van der Waals surface area contributed by atoms with E-state index in [1.54, 1.807) is 49.7 Å². The Labute approximate surface area is 185 Å². The van der Waals surface area contributed by atoms with E-state index in [-0.39, 0.29) is 11.7 Å². The lowest BCUT2D eigenvalue weighted by Gasteiger charge is -2.43. The van der Waals surface area contributed by atoms with Gasteiger partial charge in [0.25, 0.3) is 5.91 Å². The van der Waals surface area contributed by atoms with Crippen LogP contribution in [0.3, 0.4) is 0 Å². The number of hydrogen-bond acceptors (Lipinski definition) is 7. The molecule has 2 aliphatic heterocycles. The Balaban J connectivity index is 1.38. The summed E-state index contributed by atoms with van der Waals surface area (Å²) in [5.74, 6) is 1.54. The van der Waals surface area contributed by atoms with E-state index < -0.39 is 5.60 Å². The second-order valence-corrected chi connectivity index (χ2v) is 8.12. The van der Waals surface area contributed by atoms with Gasteiger partial charge >= 0.3 is 0 Å². The molecule has 2 aliphatic rings. The van der Waals surface area contributed by atoms with Gasteiger partial charge in [-0.15, -0.1) is 0 Å². The average molecular weight is 433 g/mol. The van der Waals surface area contributed by atoms with Crippen LogP contribution in [0.25, 0.3) is 10.9 Å². The first kappa shape index (κ1) is 20.2. The van der Waals surface area contributed by atoms with Gasteiger partial charge in [0.05, 0.1) is 32.4 Å². The first-order chi connectivity index (χ1) is 15.5. The quantitative estimate of drug-likeness (QED) is 0.626. The number of likely N-dealkylation sites (tertiary alicyclic amines) is 1. The zero-order chi connectivity index (χ0) is 22.3. The van der Waals surface area contributed by atoms with Crippen molar-refractivity contribution < 1.29 is 23.8 Å². The molecule has 1 fully saturated rings. The zero-order valence-corrected chi connectivity index (χ0v) is 18.0. The van der Waals surface area contributed by atoms with Gasteiger partial charge in [-0.2, -0.15) is 0 Å². The van der Waals surface area contributed by atoms with Gasteiger partial charge in [-0.3, -0.25) is 14.6 Å². The molecule has 0 saturated carbocycles. The predicted molar refractivity (Wildman–Crippen MR) is 117 cm³/mol. The molecule has 1 spiro atoms. The van der Waals surface area contributed by atoms with Crippen molar-refractivity contribution in [1.29, 1.82) is 0 Å². The van der Waals surface area contributed by atoms with Gasteiger partial charge in [0, 0.05) is 43.6 Å². The molecule has 0 unspecified atom stereocenters. The summed E-state index contributed by atoms with van der Waals surface area (Å²) >= 11 is 0. The molecule has 0 N–H and O–H groups in total. The number of carbonyl (C=O) groups excluding carboxylic acids is 2. The molecule has 4 heterocycles. The fourth-order valence-corrected chi connectivity index (χ4v) is 4.54. The molecule has 2 aromatic heterocycles. The minimum Gasteiger partial charge on any atom is -0.496 e. The molecule has 8 heteroatoms. The smallest absolute Gasteiger partial charge is 0.272 e. The Kier molecular flexibility index (Phi) is 4.92. The maximum atomic E-state index is 13.3. The van der Waals surface area contributed by atoms with Crippen LogP contribution < -0.4 is 14.2 Å². The third-order valence-electron chi connectivity index (χ3n) is 6.28. The first-order valence-corrected chi connectivity index (χ1v) is 10.5. The highest BCUT2D eigenvalue weighted by atomic mass is 16.5. The summed E-state index contributed by atoms with van der Waals surface area (Å²) in [6.07, 6.45) is 4.62. The summed E-state index contributed by atoms with van der Waals surface area (Å²) in [6, 6.07) is 8.90. The Morgan fingerprint density at radius 2 is 1.91 bits per heavy atom. The fraction of sp³-hybridized carbons (Fsp3) is 0.333. The molecule has 3 aromatic rings. The van der Waals surface area contributed by atoms with Crippen LogP contribution in [0.5, 0.6) is 17.2 Å². The molecular formula is C24H23N3O5. The molecular weight excluding hydrogens is 410 g/mol. The third-order valence-corrected chi connectivity index (χ3v) is 6.28. The largest absolute Gasteiger partial charge is 0.496 e. The molecule has 8 nitrogen and oxygen atoms in total. The van der Waals surface area contributed by atoms with Crippen molar-refractivity contribution in [3.05, 3.63) is 54.0 Å². The van der Waals surface area contributed by atoms with Crippen molar-refractivity contribution >= 4 is 22.6 Å². The number of piperidine rings is 1. The van der Waals surface area contributed by atoms with E-state index >= 15 is 0 Å². The van der Waals surface area contributed by atoms with Crippen molar-refractivity contribution in [2.24, 2.45) is 0 Å². The predicted octanol–water partition coefficient (Wildman–Crippen LogP) is 3.29. The van der Waals surface area contributed by atoms with E-state index in [1.807, 2.05) is 12.1 Å². The Hall–Kier alpha value is -3.68. The summed E-state index contributed by atoms with van der Waals surface area (Å²) in [7, 11) is 3.14. The van der Waals surface area contributed by atoms with Crippen LogP contribution in [0.1, 0.15) is 40.1 Å². The Bertz CT molecular complexity index is 1220. The lowest BCUT2D eigenvalue weighted by molar-refractivity contribution is -0.00610. The number of methoxy groups -OCH3 is 2. The van der Waals surface area contributed by atoms with E-state index in [2.05, 4.69) is 9.97 Å². The second-order valence-electron chi connectivity index (χ2n) is 8.12. The van der Waals surface area contributed by atoms with Crippen LogP contribution in [-0.4, -0.2) is 59.5 Å². The van der Waals surface area contributed by atoms with E-state index in [0.29, 0.717) is 66.4 Å². The van der Waals surface area contributed by atoms with Crippen LogP contribution in [0.15, 0.2) is 42.7 Å². The molecule has 0 radical (unpaired) electrons. The number of carbonyl (C=O) groups is 2. The van der Waals surface area contributed by atoms with Crippen LogP contribution in [0.4, 0.5) is 0 Å². The van der Waals surface area contributed by atoms with Crippen molar-refractivity contribution in [1.82, 2.24) is 14.9 Å². The number of pyridine rings is 2. The minimum atomic E-state index is -0.596. The number of benzene rings is 1. The number of fused-ring (bicyclic) bond motifs is 2. The molecule has 0 atom stereocenters. The van der Waals surface area contributed by atoms with Gasteiger partial charge in [-0.25, -0.2) is 4.98 Å². The van der Waals surface area contributed by atoms with Gasteiger partial charge in [-0.05, 0) is 18.2 Å². The molecule has 164 valence electrons. The summed E-state index contributed by atoms with van der Waals surface area (Å²) in [4.78, 5) is 36.3. The molecule has 1 saturated heterocycles. The second kappa shape index (κ2) is 7.78. The van der Waals surface area contributed by atoms with E-state index in [1.165, 1.54) is 0 Å². The van der Waals surface area contributed by atoms with Gasteiger partial charge in [0.2, 0.25) is 0 Å². The highest BCUT2D eigenvalue weighted by Crippen LogP contribution is 2.39. The van der Waals surface area contributed by atoms with Crippen LogP contribution in [-0.2, 0) is 0 Å². The number of ketones is 1. The van der Waals surface area contributed by atoms with E-state index in [0.717, 1.165) is 5.39 Å². The monoisotopic (exact) mass is 433 g/mol. The number of para-hydroxylation sites is 1. The number of aromatic nitrogens is 2. The van der Waals surface area contributed by atoms with Crippen molar-refractivity contribution in [3.8, 4) is 17.2 Å². The van der Waals surface area contributed by atoms with Crippen molar-refractivity contribution in [3.63, 3.8) is 0 Å². The summed E-state index contributed by atoms with van der Waals surface area (Å²) in [6.45, 7) is 0.936. The standard InChI is InChI=1S/C24H23N3O5/c1-30-19-5-3-4-16-20(31-2)12-17(26-22(16)19)23(29)27-10-7-24(8-11-27)13-18(28)15-6-9-25-14-21(15)32-24/h3-6,9,12,14H,7-8,10-11,13H2,1-2H3. The number of Topliss-reactive ketones (excluding diaryl/α,β-unsaturated/α-hetero) is 1. The number of rotatable bonds is 3. The topological polar surface area (TPSA) is 90.9 Å². The maximum Gasteiger partial charge on any atom is 0.272 e. The summed E-state index contributed by atoms with van der Waals surface area (Å²) < 4.78 is 17.2. The summed E-state index contributed by atoms with van der Waals surface area (Å²) in [5.41, 5.74) is 0.855. The summed E-state index contributed by atoms with van der Waals surface area (Å²) in [5, 5.41) is 0.780. The number of nitrogens with zero attached hydrogens (tertiary/aromatic N) is 3.